The Hall–Kier alpha value is -3.03. The van der Waals surface area contributed by atoms with E-state index in [0.29, 0.717) is 28.6 Å². The van der Waals surface area contributed by atoms with Gasteiger partial charge in [-0.25, -0.2) is 8.42 Å². The van der Waals surface area contributed by atoms with Crippen LogP contribution in [-0.2, 0) is 14.8 Å². The monoisotopic (exact) mass is 472 g/mol. The molecule has 0 aromatic heterocycles. The number of nitrogens with one attached hydrogen (secondary N) is 2. The minimum atomic E-state index is -3.81. The first kappa shape index (κ1) is 23.6. The number of carbonyl (C=O) groups is 1. The zero-order valence-corrected chi connectivity index (χ0v) is 19.6. The van der Waals surface area contributed by atoms with E-state index < -0.39 is 16.1 Å². The molecule has 1 atom stereocenters. The third-order valence-electron chi connectivity index (χ3n) is 4.81. The lowest BCUT2D eigenvalue weighted by atomic mass is 10.2. The Morgan fingerprint density at radius 1 is 1.03 bits per heavy atom. The molecule has 8 heteroatoms. The fourth-order valence-electron chi connectivity index (χ4n) is 3.02. The van der Waals surface area contributed by atoms with E-state index >= 15 is 0 Å². The fraction of sp³-hybridized carbons (Fsp3) is 0.208. The molecule has 3 rings (SSSR count). The molecule has 0 saturated carbocycles. The summed E-state index contributed by atoms with van der Waals surface area (Å²) in [6.45, 7) is 5.60. The Balaban J connectivity index is 1.69. The molecule has 0 radical (unpaired) electrons. The molecule has 0 saturated heterocycles. The Morgan fingerprint density at radius 2 is 1.75 bits per heavy atom. The molecule has 0 heterocycles. The second-order valence-electron chi connectivity index (χ2n) is 7.41. The Kier molecular flexibility index (Phi) is 7.43. The second kappa shape index (κ2) is 10.1. The van der Waals surface area contributed by atoms with E-state index in [1.807, 2.05) is 32.0 Å². The third kappa shape index (κ3) is 6.02. The van der Waals surface area contributed by atoms with E-state index in [9.17, 15) is 13.2 Å². The van der Waals surface area contributed by atoms with Crippen molar-refractivity contribution < 1.29 is 17.9 Å². The van der Waals surface area contributed by atoms with E-state index in [1.54, 1.807) is 31.2 Å². The predicted octanol–water partition coefficient (Wildman–Crippen LogP) is 5.55. The molecule has 0 unspecified atom stereocenters. The molecule has 0 aliphatic rings. The quantitative estimate of drug-likeness (QED) is 0.450. The van der Waals surface area contributed by atoms with Crippen LogP contribution in [0.2, 0.25) is 5.02 Å². The first-order valence-electron chi connectivity index (χ1n) is 10.1. The summed E-state index contributed by atoms with van der Waals surface area (Å²) in [6, 6.07) is 18.4. The maximum absolute atomic E-state index is 12.7. The number of hydrogen-bond acceptors (Lipinski definition) is 4. The fourth-order valence-corrected chi connectivity index (χ4v) is 4.32. The summed E-state index contributed by atoms with van der Waals surface area (Å²) in [4.78, 5) is 12.7. The number of anilines is 2. The lowest BCUT2D eigenvalue weighted by molar-refractivity contribution is -0.122. The van der Waals surface area contributed by atoms with Gasteiger partial charge < -0.3 is 10.1 Å². The molecular formula is C24H25ClN2O4S. The van der Waals surface area contributed by atoms with Crippen LogP contribution in [0.5, 0.6) is 5.75 Å². The minimum Gasteiger partial charge on any atom is -0.481 e. The zero-order chi connectivity index (χ0) is 23.3. The molecule has 0 fully saturated rings. The van der Waals surface area contributed by atoms with Gasteiger partial charge in [0.05, 0.1) is 10.6 Å². The number of amides is 1. The van der Waals surface area contributed by atoms with Crippen molar-refractivity contribution in [3.8, 4) is 5.75 Å². The van der Waals surface area contributed by atoms with Crippen molar-refractivity contribution in [3.63, 3.8) is 0 Å². The molecule has 168 valence electrons. The van der Waals surface area contributed by atoms with Gasteiger partial charge in [0.15, 0.2) is 6.10 Å². The van der Waals surface area contributed by atoms with Gasteiger partial charge in [0.25, 0.3) is 15.9 Å². The number of hydrogen-bond donors (Lipinski definition) is 2. The molecule has 0 spiro atoms. The molecule has 0 aliphatic heterocycles. The maximum atomic E-state index is 12.7. The Bertz CT molecular complexity index is 1210. The smallest absolute Gasteiger partial charge is 0.265 e. The summed E-state index contributed by atoms with van der Waals surface area (Å²) in [5.74, 6) is 0.313. The van der Waals surface area contributed by atoms with Gasteiger partial charge in [-0.05, 0) is 79.9 Å². The summed E-state index contributed by atoms with van der Waals surface area (Å²) in [5, 5.41) is 3.21. The maximum Gasteiger partial charge on any atom is 0.265 e. The highest BCUT2D eigenvalue weighted by Crippen LogP contribution is 2.24. The van der Waals surface area contributed by atoms with Crippen molar-refractivity contribution >= 4 is 38.9 Å². The molecule has 6 nitrogen and oxygen atoms in total. The van der Waals surface area contributed by atoms with Crippen molar-refractivity contribution in [1.82, 2.24) is 0 Å². The van der Waals surface area contributed by atoms with Gasteiger partial charge in [-0.3, -0.25) is 9.52 Å². The minimum absolute atomic E-state index is 0.0675. The van der Waals surface area contributed by atoms with E-state index in [0.717, 1.165) is 11.1 Å². The molecule has 3 aromatic carbocycles. The van der Waals surface area contributed by atoms with Gasteiger partial charge >= 0.3 is 0 Å². The average Bonchev–Trinajstić information content (AvgIpc) is 2.75. The number of rotatable bonds is 8. The first-order chi connectivity index (χ1) is 15.2. The van der Waals surface area contributed by atoms with Crippen molar-refractivity contribution in [2.45, 2.75) is 38.2 Å². The van der Waals surface area contributed by atoms with Gasteiger partial charge in [0.2, 0.25) is 0 Å². The van der Waals surface area contributed by atoms with Crippen LogP contribution in [0.15, 0.2) is 71.6 Å². The number of carbonyl (C=O) groups excluding carboxylic acids is 1. The van der Waals surface area contributed by atoms with Gasteiger partial charge in [0.1, 0.15) is 5.75 Å². The topological polar surface area (TPSA) is 84.5 Å². The summed E-state index contributed by atoms with van der Waals surface area (Å²) in [6.07, 6.45) is -0.192. The van der Waals surface area contributed by atoms with Crippen molar-refractivity contribution in [2.24, 2.45) is 0 Å². The number of ether oxygens (including phenoxy) is 1. The van der Waals surface area contributed by atoms with Crippen LogP contribution >= 0.6 is 11.6 Å². The normalized spacial score (nSPS) is 12.1. The lowest BCUT2D eigenvalue weighted by Crippen LogP contribution is -2.32. The van der Waals surface area contributed by atoms with Crippen LogP contribution in [0, 0.1) is 13.8 Å². The van der Waals surface area contributed by atoms with Crippen LogP contribution in [0.4, 0.5) is 11.4 Å². The highest BCUT2D eigenvalue weighted by atomic mass is 35.5. The molecule has 3 aromatic rings. The zero-order valence-electron chi connectivity index (χ0n) is 18.1. The van der Waals surface area contributed by atoms with Crippen LogP contribution in [0.3, 0.4) is 0 Å². The highest BCUT2D eigenvalue weighted by molar-refractivity contribution is 7.92. The predicted molar refractivity (Wildman–Crippen MR) is 128 cm³/mol. The van der Waals surface area contributed by atoms with E-state index in [4.69, 9.17) is 16.3 Å². The van der Waals surface area contributed by atoms with E-state index in [1.165, 1.54) is 24.3 Å². The van der Waals surface area contributed by atoms with Crippen LogP contribution in [-0.4, -0.2) is 20.4 Å². The van der Waals surface area contributed by atoms with Crippen molar-refractivity contribution in [3.05, 3.63) is 82.9 Å². The molecular weight excluding hydrogens is 448 g/mol. The van der Waals surface area contributed by atoms with Crippen LogP contribution < -0.4 is 14.8 Å². The van der Waals surface area contributed by atoms with Gasteiger partial charge in [-0.2, -0.15) is 0 Å². The SMILES string of the molecule is CC[C@H](Oc1cccc(C)c1)C(=O)Nc1ccc(S(=O)(=O)Nc2cc(Cl)ccc2C)cc1. The largest absolute Gasteiger partial charge is 0.481 e. The summed E-state index contributed by atoms with van der Waals surface area (Å²) in [7, 11) is -3.81. The lowest BCUT2D eigenvalue weighted by Gasteiger charge is -2.18. The van der Waals surface area contributed by atoms with E-state index in [2.05, 4.69) is 10.0 Å². The molecule has 2 N–H and O–H groups in total. The Morgan fingerprint density at radius 3 is 2.41 bits per heavy atom. The van der Waals surface area contributed by atoms with Crippen molar-refractivity contribution in [2.75, 3.05) is 10.0 Å². The summed E-state index contributed by atoms with van der Waals surface area (Å²) >= 11 is 5.97. The second-order valence-corrected chi connectivity index (χ2v) is 9.53. The van der Waals surface area contributed by atoms with Crippen molar-refractivity contribution in [1.29, 1.82) is 0 Å². The highest BCUT2D eigenvalue weighted by Gasteiger charge is 2.20. The number of sulfonamides is 1. The first-order valence-corrected chi connectivity index (χ1v) is 12.0. The number of aryl methyl sites for hydroxylation is 2. The molecule has 0 aliphatic carbocycles. The number of benzene rings is 3. The number of halogens is 1. The van der Waals surface area contributed by atoms with E-state index in [-0.39, 0.29) is 10.8 Å². The van der Waals surface area contributed by atoms with Crippen LogP contribution in [0.25, 0.3) is 0 Å². The van der Waals surface area contributed by atoms with Gasteiger partial charge in [-0.15, -0.1) is 0 Å². The summed E-state index contributed by atoms with van der Waals surface area (Å²) < 4.78 is 33.8. The third-order valence-corrected chi connectivity index (χ3v) is 6.42. The van der Waals surface area contributed by atoms with Gasteiger partial charge in [0, 0.05) is 10.7 Å². The molecule has 0 bridgehead atoms. The Labute approximate surface area is 193 Å². The van der Waals surface area contributed by atoms with Gasteiger partial charge in [-0.1, -0.05) is 36.7 Å². The average molecular weight is 473 g/mol. The molecule has 1 amide bonds. The summed E-state index contributed by atoms with van der Waals surface area (Å²) in [5.41, 5.74) is 2.67. The molecule has 32 heavy (non-hydrogen) atoms. The standard InChI is InChI=1S/C24H25ClN2O4S/c1-4-23(31-20-7-5-6-16(2)14-20)24(28)26-19-10-12-21(13-11-19)32(29,30)27-22-15-18(25)9-8-17(22)3/h5-15,23,27H,4H2,1-3H3,(H,26,28)/t23-/m0/s1. The van der Waals surface area contributed by atoms with Crippen LogP contribution in [0.1, 0.15) is 24.5 Å².